The Bertz CT molecular complexity index is 680. The van der Waals surface area contributed by atoms with Crippen molar-refractivity contribution in [3.63, 3.8) is 0 Å². The molecule has 0 bridgehead atoms. The van der Waals surface area contributed by atoms with E-state index in [4.69, 9.17) is 0 Å². The summed E-state index contributed by atoms with van der Waals surface area (Å²) >= 11 is 0. The lowest BCUT2D eigenvalue weighted by atomic mass is 9.77. The number of nitrogens with zero attached hydrogens (tertiary/aromatic N) is 4. The van der Waals surface area contributed by atoms with E-state index >= 15 is 0 Å². The fraction of sp³-hybridized carbons (Fsp3) is 0.684. The van der Waals surface area contributed by atoms with E-state index in [1.54, 1.807) is 6.92 Å². The highest BCUT2D eigenvalue weighted by Crippen LogP contribution is 2.34. The number of aryl methyl sites for hydroxylation is 1. The first-order valence-electron chi connectivity index (χ1n) is 9.23. The molecule has 2 aliphatic rings. The quantitative estimate of drug-likeness (QED) is 0.826. The maximum atomic E-state index is 12.9. The van der Waals surface area contributed by atoms with Gasteiger partial charge < -0.3 is 9.80 Å². The molecule has 1 atom stereocenters. The first kappa shape index (κ1) is 17.8. The summed E-state index contributed by atoms with van der Waals surface area (Å²) in [7, 11) is 0. The Morgan fingerprint density at radius 3 is 2.44 bits per heavy atom. The average molecular weight is 344 g/mol. The number of hydrogen-bond donors (Lipinski definition) is 0. The molecule has 1 aromatic rings. The first-order valence-corrected chi connectivity index (χ1v) is 9.23. The molecule has 0 saturated carbocycles. The highest BCUT2D eigenvalue weighted by Gasteiger charge is 2.35. The molecule has 3 heterocycles. The van der Waals surface area contributed by atoms with Gasteiger partial charge in [-0.25, -0.2) is 9.97 Å². The van der Waals surface area contributed by atoms with Crippen molar-refractivity contribution in [2.24, 2.45) is 0 Å². The molecule has 0 radical (unpaired) electrons. The molecule has 136 valence electrons. The minimum Gasteiger partial charge on any atom is -0.343 e. The molecular formula is C19H28N4O2. The molecule has 2 amide bonds. The SMILES string of the molecule is CC(=O)N1CCC(C)(c2cc(C(=O)N3CCC[C@@H]3C)nc(C)n2)CC1. The molecule has 3 rings (SSSR count). The third-order valence-electron chi connectivity index (χ3n) is 5.80. The van der Waals surface area contributed by atoms with Gasteiger partial charge in [0.25, 0.3) is 5.91 Å². The predicted octanol–water partition coefficient (Wildman–Crippen LogP) is 2.31. The lowest BCUT2D eigenvalue weighted by Crippen LogP contribution is -2.43. The predicted molar refractivity (Wildman–Crippen MR) is 95.3 cm³/mol. The van der Waals surface area contributed by atoms with Gasteiger partial charge in [0.2, 0.25) is 5.91 Å². The smallest absolute Gasteiger partial charge is 0.272 e. The molecular weight excluding hydrogens is 316 g/mol. The Labute approximate surface area is 149 Å². The second-order valence-corrected chi connectivity index (χ2v) is 7.74. The molecule has 6 heteroatoms. The van der Waals surface area contributed by atoms with Crippen LogP contribution in [-0.4, -0.2) is 57.3 Å². The van der Waals surface area contributed by atoms with Gasteiger partial charge in [-0.15, -0.1) is 0 Å². The van der Waals surface area contributed by atoms with Gasteiger partial charge in [0.15, 0.2) is 0 Å². The van der Waals surface area contributed by atoms with Gasteiger partial charge in [-0.05, 0) is 45.6 Å². The normalized spacial score (nSPS) is 23.0. The van der Waals surface area contributed by atoms with Crippen LogP contribution < -0.4 is 0 Å². The summed E-state index contributed by atoms with van der Waals surface area (Å²) < 4.78 is 0. The first-order chi connectivity index (χ1) is 11.8. The summed E-state index contributed by atoms with van der Waals surface area (Å²) in [5.41, 5.74) is 1.32. The Morgan fingerprint density at radius 2 is 1.88 bits per heavy atom. The maximum Gasteiger partial charge on any atom is 0.272 e. The van der Waals surface area contributed by atoms with Crippen molar-refractivity contribution in [1.82, 2.24) is 19.8 Å². The zero-order valence-electron chi connectivity index (χ0n) is 15.7. The minimum atomic E-state index is -0.120. The highest BCUT2D eigenvalue weighted by atomic mass is 16.2. The minimum absolute atomic E-state index is 0.0153. The summed E-state index contributed by atoms with van der Waals surface area (Å²) in [5.74, 6) is 0.782. The molecule has 0 spiro atoms. The topological polar surface area (TPSA) is 66.4 Å². The molecule has 1 aromatic heterocycles. The number of amides is 2. The number of aromatic nitrogens is 2. The van der Waals surface area contributed by atoms with Crippen molar-refractivity contribution < 1.29 is 9.59 Å². The van der Waals surface area contributed by atoms with Crippen molar-refractivity contribution in [1.29, 1.82) is 0 Å². The Morgan fingerprint density at radius 1 is 1.20 bits per heavy atom. The fourth-order valence-corrected chi connectivity index (χ4v) is 3.94. The van der Waals surface area contributed by atoms with Crippen LogP contribution in [0.25, 0.3) is 0 Å². The lowest BCUT2D eigenvalue weighted by molar-refractivity contribution is -0.130. The molecule has 2 saturated heterocycles. The van der Waals surface area contributed by atoms with E-state index < -0.39 is 0 Å². The van der Waals surface area contributed by atoms with Gasteiger partial charge in [-0.2, -0.15) is 0 Å². The summed E-state index contributed by atoms with van der Waals surface area (Å²) in [4.78, 5) is 37.3. The Balaban J connectivity index is 1.84. The third-order valence-corrected chi connectivity index (χ3v) is 5.80. The number of likely N-dealkylation sites (tertiary alicyclic amines) is 2. The van der Waals surface area contributed by atoms with E-state index in [9.17, 15) is 9.59 Å². The number of piperidine rings is 1. The average Bonchev–Trinajstić information content (AvgIpc) is 3.00. The van der Waals surface area contributed by atoms with Crippen LogP contribution in [0.1, 0.15) is 68.5 Å². The Kier molecular flexibility index (Phi) is 4.80. The van der Waals surface area contributed by atoms with Crippen LogP contribution in [0.3, 0.4) is 0 Å². The number of hydrogen-bond acceptors (Lipinski definition) is 4. The summed E-state index contributed by atoms with van der Waals surface area (Å²) in [5, 5.41) is 0. The van der Waals surface area contributed by atoms with E-state index in [0.29, 0.717) is 11.5 Å². The van der Waals surface area contributed by atoms with Gasteiger partial charge in [-0.1, -0.05) is 6.92 Å². The van der Waals surface area contributed by atoms with Gasteiger partial charge in [0.1, 0.15) is 11.5 Å². The van der Waals surface area contributed by atoms with Crippen LogP contribution in [0.4, 0.5) is 0 Å². The van der Waals surface area contributed by atoms with E-state index in [2.05, 4.69) is 23.8 Å². The van der Waals surface area contributed by atoms with Crippen molar-refractivity contribution >= 4 is 11.8 Å². The molecule has 2 aliphatic heterocycles. The molecule has 6 nitrogen and oxygen atoms in total. The van der Waals surface area contributed by atoms with Crippen molar-refractivity contribution in [3.05, 3.63) is 23.3 Å². The summed E-state index contributed by atoms with van der Waals surface area (Å²) in [6, 6.07) is 2.16. The van der Waals surface area contributed by atoms with Crippen LogP contribution >= 0.6 is 0 Å². The molecule has 0 unspecified atom stereocenters. The van der Waals surface area contributed by atoms with Gasteiger partial charge in [-0.3, -0.25) is 9.59 Å². The van der Waals surface area contributed by atoms with Crippen LogP contribution in [0, 0.1) is 6.92 Å². The van der Waals surface area contributed by atoms with E-state index in [0.717, 1.165) is 51.0 Å². The fourth-order valence-electron chi connectivity index (χ4n) is 3.94. The second kappa shape index (κ2) is 6.73. The van der Waals surface area contributed by atoms with E-state index in [-0.39, 0.29) is 23.3 Å². The number of rotatable bonds is 2. The molecule has 0 aliphatic carbocycles. The van der Waals surface area contributed by atoms with Crippen LogP contribution in [0.2, 0.25) is 0 Å². The largest absolute Gasteiger partial charge is 0.343 e. The van der Waals surface area contributed by atoms with Crippen LogP contribution in [0.5, 0.6) is 0 Å². The zero-order valence-corrected chi connectivity index (χ0v) is 15.7. The number of carbonyl (C=O) groups is 2. The summed E-state index contributed by atoms with van der Waals surface area (Å²) in [6.07, 6.45) is 3.83. The standard InChI is InChI=1S/C19H28N4O2/c1-13-6-5-9-23(13)18(25)16-12-17(21-14(2)20-16)19(4)7-10-22(11-8-19)15(3)24/h12-13H,5-11H2,1-4H3/t13-/m0/s1. The van der Waals surface area contributed by atoms with Crippen molar-refractivity contribution in [3.8, 4) is 0 Å². The molecule has 0 N–H and O–H groups in total. The highest BCUT2D eigenvalue weighted by molar-refractivity contribution is 5.92. The second-order valence-electron chi connectivity index (χ2n) is 7.74. The molecule has 0 aromatic carbocycles. The van der Waals surface area contributed by atoms with Crippen molar-refractivity contribution in [2.45, 2.75) is 64.8 Å². The molecule has 2 fully saturated rings. The zero-order chi connectivity index (χ0) is 18.2. The van der Waals surface area contributed by atoms with E-state index in [1.165, 1.54) is 0 Å². The van der Waals surface area contributed by atoms with Crippen molar-refractivity contribution in [2.75, 3.05) is 19.6 Å². The summed E-state index contributed by atoms with van der Waals surface area (Å²) in [6.45, 7) is 10.0. The number of carbonyl (C=O) groups excluding carboxylic acids is 2. The Hall–Kier alpha value is -1.98. The molecule has 25 heavy (non-hydrogen) atoms. The third kappa shape index (κ3) is 3.53. The van der Waals surface area contributed by atoms with Gasteiger partial charge in [0.05, 0.1) is 5.69 Å². The van der Waals surface area contributed by atoms with Crippen LogP contribution in [0.15, 0.2) is 6.07 Å². The maximum absolute atomic E-state index is 12.9. The van der Waals surface area contributed by atoms with Crippen LogP contribution in [-0.2, 0) is 10.2 Å². The van der Waals surface area contributed by atoms with E-state index in [1.807, 2.05) is 22.8 Å². The van der Waals surface area contributed by atoms with Gasteiger partial charge in [0, 0.05) is 38.0 Å². The lowest BCUT2D eigenvalue weighted by Gasteiger charge is -2.39. The van der Waals surface area contributed by atoms with Gasteiger partial charge >= 0.3 is 0 Å². The monoisotopic (exact) mass is 344 g/mol.